The van der Waals surface area contributed by atoms with Crippen LogP contribution in [0.25, 0.3) is 0 Å². The number of nitrogens with one attached hydrogen (secondary N) is 2. The van der Waals surface area contributed by atoms with Crippen molar-refractivity contribution in [2.24, 2.45) is 0 Å². The summed E-state index contributed by atoms with van der Waals surface area (Å²) in [5.41, 5.74) is 1.16. The van der Waals surface area contributed by atoms with Crippen LogP contribution in [-0.2, 0) is 14.8 Å². The first-order valence-corrected chi connectivity index (χ1v) is 9.87. The maximum atomic E-state index is 12.6. The molecule has 1 atom stereocenters. The Morgan fingerprint density at radius 1 is 1.28 bits per heavy atom. The minimum absolute atomic E-state index is 0.0454. The van der Waals surface area contributed by atoms with E-state index in [2.05, 4.69) is 10.0 Å². The van der Waals surface area contributed by atoms with Crippen LogP contribution in [0.3, 0.4) is 0 Å². The molecule has 2 N–H and O–H groups in total. The first-order valence-electron chi connectivity index (χ1n) is 7.51. The molecule has 0 saturated heterocycles. The number of carbonyl (C=O) groups is 1. The number of carbonyl (C=O) groups excluding carboxylic acids is 1. The Kier molecular flexibility index (Phi) is 4.70. The summed E-state index contributed by atoms with van der Waals surface area (Å²) in [5, 5.41) is 11.8. The summed E-state index contributed by atoms with van der Waals surface area (Å²) in [6, 6.07) is 12.8. The molecule has 8 heteroatoms. The highest BCUT2D eigenvalue weighted by Crippen LogP contribution is 2.36. The van der Waals surface area contributed by atoms with Gasteiger partial charge in [-0.3, -0.25) is 9.52 Å². The number of hydrogen-bond acceptors (Lipinski definition) is 5. The van der Waals surface area contributed by atoms with Gasteiger partial charge in [0.2, 0.25) is 5.91 Å². The Labute approximate surface area is 150 Å². The zero-order chi connectivity index (χ0) is 18.0. The van der Waals surface area contributed by atoms with Crippen LogP contribution in [0.15, 0.2) is 52.3 Å². The average molecular weight is 373 g/mol. The second kappa shape index (κ2) is 6.78. The molecule has 1 aliphatic heterocycles. The van der Waals surface area contributed by atoms with Crippen LogP contribution in [0, 0.1) is 11.3 Å². The number of nitrogens with zero attached hydrogens (tertiary/aromatic N) is 1. The van der Waals surface area contributed by atoms with Gasteiger partial charge in [-0.05, 0) is 36.4 Å². The molecule has 0 aliphatic carbocycles. The van der Waals surface area contributed by atoms with Crippen molar-refractivity contribution < 1.29 is 13.2 Å². The van der Waals surface area contributed by atoms with Crippen LogP contribution in [0.1, 0.15) is 18.9 Å². The average Bonchev–Trinajstić information content (AvgIpc) is 2.70. The highest BCUT2D eigenvalue weighted by atomic mass is 32.2. The van der Waals surface area contributed by atoms with E-state index in [1.54, 1.807) is 24.3 Å². The first-order chi connectivity index (χ1) is 11.9. The first kappa shape index (κ1) is 17.3. The molecule has 1 amide bonds. The van der Waals surface area contributed by atoms with E-state index in [4.69, 9.17) is 5.26 Å². The van der Waals surface area contributed by atoms with Crippen molar-refractivity contribution in [1.29, 1.82) is 5.26 Å². The molecule has 2 aromatic rings. The zero-order valence-electron chi connectivity index (χ0n) is 13.3. The van der Waals surface area contributed by atoms with Crippen LogP contribution in [0.5, 0.6) is 0 Å². The van der Waals surface area contributed by atoms with E-state index < -0.39 is 10.0 Å². The fourth-order valence-corrected chi connectivity index (χ4v) is 4.59. The monoisotopic (exact) mass is 373 g/mol. The smallest absolute Gasteiger partial charge is 0.261 e. The predicted molar refractivity (Wildman–Crippen MR) is 97.0 cm³/mol. The fraction of sp³-hybridized carbons (Fsp3) is 0.176. The van der Waals surface area contributed by atoms with E-state index in [1.165, 1.54) is 30.0 Å². The summed E-state index contributed by atoms with van der Waals surface area (Å²) in [6.07, 6.45) is 0.376. The third-order valence-corrected chi connectivity index (χ3v) is 6.14. The molecule has 2 aromatic carbocycles. The van der Waals surface area contributed by atoms with Gasteiger partial charge in [-0.1, -0.05) is 13.0 Å². The lowest BCUT2D eigenvalue weighted by molar-refractivity contribution is -0.116. The van der Waals surface area contributed by atoms with Crippen molar-refractivity contribution in [3.63, 3.8) is 0 Å². The maximum absolute atomic E-state index is 12.6. The summed E-state index contributed by atoms with van der Waals surface area (Å²) >= 11 is 1.53. The maximum Gasteiger partial charge on any atom is 0.261 e. The van der Waals surface area contributed by atoms with Crippen LogP contribution >= 0.6 is 11.8 Å². The van der Waals surface area contributed by atoms with Crippen molar-refractivity contribution in [3.8, 4) is 6.07 Å². The molecular formula is C17H15N3O3S2. The molecule has 1 aliphatic rings. The number of nitriles is 1. The Morgan fingerprint density at radius 2 is 2.08 bits per heavy atom. The number of fused-ring (bicyclic) bond motifs is 1. The molecule has 0 saturated carbocycles. The molecular weight excluding hydrogens is 358 g/mol. The van der Waals surface area contributed by atoms with E-state index >= 15 is 0 Å². The van der Waals surface area contributed by atoms with Gasteiger partial charge in [0.1, 0.15) is 0 Å². The molecule has 0 aromatic heterocycles. The third kappa shape index (κ3) is 3.95. The summed E-state index contributed by atoms with van der Waals surface area (Å²) in [6.45, 7) is 1.95. The van der Waals surface area contributed by atoms with Gasteiger partial charge in [0.05, 0.1) is 27.9 Å². The van der Waals surface area contributed by atoms with Crippen molar-refractivity contribution >= 4 is 39.1 Å². The van der Waals surface area contributed by atoms with E-state index in [-0.39, 0.29) is 16.1 Å². The van der Waals surface area contributed by atoms with Crippen LogP contribution in [0.4, 0.5) is 11.4 Å². The van der Waals surface area contributed by atoms with Gasteiger partial charge in [-0.2, -0.15) is 5.26 Å². The molecule has 6 nitrogen and oxygen atoms in total. The molecule has 25 heavy (non-hydrogen) atoms. The molecule has 1 heterocycles. The third-order valence-electron chi connectivity index (χ3n) is 3.58. The second-order valence-electron chi connectivity index (χ2n) is 5.64. The van der Waals surface area contributed by atoms with Crippen molar-refractivity contribution in [2.45, 2.75) is 28.4 Å². The topological polar surface area (TPSA) is 99.1 Å². The van der Waals surface area contributed by atoms with E-state index in [0.29, 0.717) is 23.4 Å². The lowest BCUT2D eigenvalue weighted by Gasteiger charge is -2.12. The van der Waals surface area contributed by atoms with E-state index in [0.717, 1.165) is 4.90 Å². The van der Waals surface area contributed by atoms with Gasteiger partial charge in [-0.25, -0.2) is 8.42 Å². The zero-order valence-corrected chi connectivity index (χ0v) is 14.9. The molecule has 0 radical (unpaired) electrons. The molecule has 0 fully saturated rings. The van der Waals surface area contributed by atoms with Gasteiger partial charge in [0.15, 0.2) is 0 Å². The van der Waals surface area contributed by atoms with Gasteiger partial charge in [-0.15, -0.1) is 11.8 Å². The summed E-state index contributed by atoms with van der Waals surface area (Å²) in [7, 11) is -3.83. The van der Waals surface area contributed by atoms with Crippen molar-refractivity contribution in [2.75, 3.05) is 10.0 Å². The predicted octanol–water partition coefficient (Wildman–Crippen LogP) is 3.18. The Balaban J connectivity index is 1.93. The minimum atomic E-state index is -3.83. The number of thioether (sulfide) groups is 1. The Morgan fingerprint density at radius 3 is 2.84 bits per heavy atom. The Hall–Kier alpha value is -2.50. The van der Waals surface area contributed by atoms with Crippen molar-refractivity contribution in [1.82, 2.24) is 0 Å². The Bertz CT molecular complexity index is 981. The van der Waals surface area contributed by atoms with Gasteiger partial charge >= 0.3 is 0 Å². The van der Waals surface area contributed by atoms with Crippen LogP contribution < -0.4 is 10.0 Å². The van der Waals surface area contributed by atoms with Crippen molar-refractivity contribution in [3.05, 3.63) is 48.0 Å². The molecule has 0 unspecified atom stereocenters. The molecule has 0 bridgehead atoms. The highest BCUT2D eigenvalue weighted by molar-refractivity contribution is 8.00. The summed E-state index contributed by atoms with van der Waals surface area (Å²) in [4.78, 5) is 12.7. The number of rotatable bonds is 3. The number of sulfonamides is 1. The fourth-order valence-electron chi connectivity index (χ4n) is 2.46. The number of benzene rings is 2. The van der Waals surface area contributed by atoms with Crippen LogP contribution in [-0.4, -0.2) is 19.6 Å². The number of amides is 1. The van der Waals surface area contributed by atoms with Gasteiger partial charge in [0.25, 0.3) is 10.0 Å². The molecule has 0 spiro atoms. The van der Waals surface area contributed by atoms with E-state index in [1.807, 2.05) is 13.0 Å². The minimum Gasteiger partial charge on any atom is -0.325 e. The number of anilines is 2. The number of hydrogen-bond donors (Lipinski definition) is 2. The summed E-state index contributed by atoms with van der Waals surface area (Å²) < 4.78 is 27.7. The lowest BCUT2D eigenvalue weighted by Crippen LogP contribution is -2.15. The lowest BCUT2D eigenvalue weighted by atomic mass is 10.2. The summed E-state index contributed by atoms with van der Waals surface area (Å²) in [5.74, 6) is -0.136. The SMILES string of the molecule is C[C@@H]1CC(=O)Nc2cc(S(=O)(=O)Nc3cccc(C#N)c3)ccc2S1. The highest BCUT2D eigenvalue weighted by Gasteiger charge is 2.22. The molecule has 3 rings (SSSR count). The normalized spacial score (nSPS) is 17.0. The molecule has 128 valence electrons. The van der Waals surface area contributed by atoms with Gasteiger partial charge < -0.3 is 5.32 Å². The van der Waals surface area contributed by atoms with E-state index in [9.17, 15) is 13.2 Å². The van der Waals surface area contributed by atoms with Crippen LogP contribution in [0.2, 0.25) is 0 Å². The standard InChI is InChI=1S/C17H15N3O3S2/c1-11-7-17(21)19-15-9-14(5-6-16(15)24-11)25(22,23)20-13-4-2-3-12(8-13)10-18/h2-6,8-9,11,20H,7H2,1H3,(H,19,21)/t11-/m1/s1. The largest absolute Gasteiger partial charge is 0.325 e. The van der Waals surface area contributed by atoms with Gasteiger partial charge in [0, 0.05) is 16.6 Å². The quantitative estimate of drug-likeness (QED) is 0.861. The second-order valence-corrected chi connectivity index (χ2v) is 8.80.